The molecule has 2 aliphatic heterocycles. The highest BCUT2D eigenvalue weighted by atomic mass is 16.5. The highest BCUT2D eigenvalue weighted by molar-refractivity contribution is 6.03. The number of piperidine rings is 1. The molecule has 1 aromatic heterocycles. The summed E-state index contributed by atoms with van der Waals surface area (Å²) in [5.74, 6) is 2.99. The van der Waals surface area contributed by atoms with Crippen molar-refractivity contribution < 1.29 is 4.74 Å². The lowest BCUT2D eigenvalue weighted by Crippen LogP contribution is -2.41. The Morgan fingerprint density at radius 2 is 1.87 bits per heavy atom. The first-order valence-electron chi connectivity index (χ1n) is 14.6. The Morgan fingerprint density at radius 3 is 2.58 bits per heavy atom. The largest absolute Gasteiger partial charge is 0.494 e. The maximum absolute atomic E-state index is 5.81. The van der Waals surface area contributed by atoms with Crippen LogP contribution in [0.3, 0.4) is 0 Å². The van der Waals surface area contributed by atoms with Crippen LogP contribution in [0.4, 0.5) is 5.82 Å². The lowest BCUT2D eigenvalue weighted by molar-refractivity contribution is 0.294. The molecule has 202 valence electrons. The minimum Gasteiger partial charge on any atom is -0.494 e. The summed E-state index contributed by atoms with van der Waals surface area (Å²) in [6.07, 6.45) is 13.2. The molecule has 0 bridgehead atoms. The van der Waals surface area contributed by atoms with Gasteiger partial charge in [-0.3, -0.25) is 4.99 Å². The molecular formula is C33H44N4O. The van der Waals surface area contributed by atoms with Gasteiger partial charge in [0.2, 0.25) is 0 Å². The van der Waals surface area contributed by atoms with Crippen LogP contribution in [0.25, 0.3) is 6.08 Å². The molecule has 38 heavy (non-hydrogen) atoms. The van der Waals surface area contributed by atoms with Gasteiger partial charge >= 0.3 is 0 Å². The van der Waals surface area contributed by atoms with Crippen molar-refractivity contribution in [3.05, 3.63) is 64.3 Å². The summed E-state index contributed by atoms with van der Waals surface area (Å²) in [7, 11) is 0. The normalized spacial score (nSPS) is 23.1. The first-order chi connectivity index (χ1) is 18.3. The molecule has 0 N–H and O–H groups in total. The van der Waals surface area contributed by atoms with Gasteiger partial charge in [0.25, 0.3) is 0 Å². The van der Waals surface area contributed by atoms with Crippen molar-refractivity contribution in [1.29, 1.82) is 0 Å². The van der Waals surface area contributed by atoms with Crippen molar-refractivity contribution in [2.75, 3.05) is 24.6 Å². The van der Waals surface area contributed by atoms with Crippen molar-refractivity contribution in [2.45, 2.75) is 80.1 Å². The molecule has 1 saturated heterocycles. The fraction of sp³-hybridized carbons (Fsp3) is 0.545. The number of fused-ring (bicyclic) bond motifs is 1. The minimum absolute atomic E-state index is 0.0609. The third kappa shape index (κ3) is 5.17. The molecule has 3 heterocycles. The molecule has 0 radical (unpaired) electrons. The number of hydrogen-bond acceptors (Lipinski definition) is 5. The predicted octanol–water partition coefficient (Wildman–Crippen LogP) is 7.58. The molecule has 5 heteroatoms. The van der Waals surface area contributed by atoms with Crippen LogP contribution in [-0.2, 0) is 6.42 Å². The number of aromatic nitrogens is 2. The molecule has 3 aliphatic rings. The second-order valence-electron chi connectivity index (χ2n) is 11.8. The number of aliphatic imine (C=N–C) groups is 1. The predicted molar refractivity (Wildman–Crippen MR) is 158 cm³/mol. The number of rotatable bonds is 6. The van der Waals surface area contributed by atoms with E-state index in [-0.39, 0.29) is 5.41 Å². The van der Waals surface area contributed by atoms with Gasteiger partial charge in [0.15, 0.2) is 0 Å². The van der Waals surface area contributed by atoms with Crippen molar-refractivity contribution in [1.82, 2.24) is 9.97 Å². The van der Waals surface area contributed by atoms with Crippen molar-refractivity contribution in [3.63, 3.8) is 0 Å². The number of benzene rings is 1. The van der Waals surface area contributed by atoms with Gasteiger partial charge in [-0.15, -0.1) is 0 Å². The molecule has 1 fully saturated rings. The molecular weight excluding hydrogens is 468 g/mol. The standard InChI is InChI=1S/C33H44N4O/c1-7-25-20-30(36-31(24(25)5)26-12-13-29(38-8-2)23(4)19-26)33(6)14-16-37(17-15-33)32-27-18-22(3)10-9-11-28(27)34-21-35-32/h12-13,18-21,24-25H,7-11,14-17H2,1-6H3. The van der Waals surface area contributed by atoms with Gasteiger partial charge in [0, 0.05) is 35.7 Å². The van der Waals surface area contributed by atoms with Gasteiger partial charge in [0.1, 0.15) is 17.9 Å². The van der Waals surface area contributed by atoms with Crippen LogP contribution in [0, 0.1) is 24.2 Å². The number of nitrogens with zero attached hydrogens (tertiary/aromatic N) is 4. The highest BCUT2D eigenvalue weighted by Crippen LogP contribution is 2.44. The van der Waals surface area contributed by atoms with Crippen LogP contribution in [0.5, 0.6) is 5.75 Å². The molecule has 2 atom stereocenters. The van der Waals surface area contributed by atoms with E-state index in [1.54, 1.807) is 6.33 Å². The molecule has 1 aliphatic carbocycles. The van der Waals surface area contributed by atoms with Gasteiger partial charge in [-0.25, -0.2) is 9.97 Å². The molecule has 2 unspecified atom stereocenters. The van der Waals surface area contributed by atoms with E-state index < -0.39 is 0 Å². The van der Waals surface area contributed by atoms with Crippen molar-refractivity contribution in [2.24, 2.45) is 22.2 Å². The van der Waals surface area contributed by atoms with Crippen LogP contribution in [0.15, 0.2) is 46.9 Å². The minimum atomic E-state index is 0.0609. The van der Waals surface area contributed by atoms with Gasteiger partial charge in [-0.05, 0) is 94.5 Å². The van der Waals surface area contributed by atoms with Crippen LogP contribution in [-0.4, -0.2) is 35.4 Å². The van der Waals surface area contributed by atoms with Crippen LogP contribution in [0.1, 0.15) is 89.1 Å². The van der Waals surface area contributed by atoms with E-state index >= 15 is 0 Å². The summed E-state index contributed by atoms with van der Waals surface area (Å²) in [5, 5.41) is 0. The van der Waals surface area contributed by atoms with E-state index in [1.165, 1.54) is 45.8 Å². The average molecular weight is 513 g/mol. The number of aryl methyl sites for hydroxylation is 2. The Kier molecular flexibility index (Phi) is 7.74. The molecule has 5 rings (SSSR count). The van der Waals surface area contributed by atoms with Gasteiger partial charge < -0.3 is 9.64 Å². The van der Waals surface area contributed by atoms with E-state index in [0.717, 1.165) is 56.8 Å². The molecule has 0 saturated carbocycles. The number of anilines is 1. The van der Waals surface area contributed by atoms with Gasteiger partial charge in [-0.1, -0.05) is 38.5 Å². The molecule has 2 aromatic rings. The summed E-state index contributed by atoms with van der Waals surface area (Å²) in [6, 6.07) is 6.57. The Balaban J connectivity index is 1.41. The maximum atomic E-state index is 5.81. The van der Waals surface area contributed by atoms with Crippen molar-refractivity contribution >= 4 is 17.6 Å². The maximum Gasteiger partial charge on any atom is 0.139 e. The topological polar surface area (TPSA) is 50.6 Å². The van der Waals surface area contributed by atoms with Crippen LogP contribution in [0.2, 0.25) is 0 Å². The summed E-state index contributed by atoms with van der Waals surface area (Å²) in [6.45, 7) is 16.1. The van der Waals surface area contributed by atoms with E-state index in [4.69, 9.17) is 14.7 Å². The Labute approximate surface area is 229 Å². The number of hydrogen-bond donors (Lipinski definition) is 0. The molecule has 0 amide bonds. The van der Waals surface area contributed by atoms with Crippen molar-refractivity contribution in [3.8, 4) is 5.75 Å². The second-order valence-corrected chi connectivity index (χ2v) is 11.8. The van der Waals surface area contributed by atoms with Crippen LogP contribution < -0.4 is 9.64 Å². The first kappa shape index (κ1) is 26.6. The van der Waals surface area contributed by atoms with Crippen LogP contribution >= 0.6 is 0 Å². The SMILES string of the molecule is CCOc1ccc(C2=NC(C3(C)CCN(c4ncnc5c4C=C(C)CCC5)CC3)=CC(CC)C2C)cc1C. The average Bonchev–Trinajstić information content (AvgIpc) is 3.11. The summed E-state index contributed by atoms with van der Waals surface area (Å²) in [4.78, 5) is 17.3. The number of allylic oxidation sites excluding steroid dienone is 3. The zero-order valence-electron chi connectivity index (χ0n) is 24.2. The summed E-state index contributed by atoms with van der Waals surface area (Å²) < 4.78 is 5.81. The van der Waals surface area contributed by atoms with Gasteiger partial charge in [0.05, 0.1) is 18.0 Å². The van der Waals surface area contributed by atoms with Gasteiger partial charge in [-0.2, -0.15) is 0 Å². The zero-order valence-corrected chi connectivity index (χ0v) is 24.2. The summed E-state index contributed by atoms with van der Waals surface area (Å²) >= 11 is 0. The fourth-order valence-corrected chi connectivity index (χ4v) is 6.42. The third-order valence-corrected chi connectivity index (χ3v) is 9.03. The van der Waals surface area contributed by atoms with E-state index in [0.29, 0.717) is 18.4 Å². The monoisotopic (exact) mass is 512 g/mol. The Bertz CT molecular complexity index is 1270. The Morgan fingerprint density at radius 1 is 1.08 bits per heavy atom. The fourth-order valence-electron chi connectivity index (χ4n) is 6.42. The number of ether oxygens (including phenoxy) is 1. The van der Waals surface area contributed by atoms with E-state index in [9.17, 15) is 0 Å². The molecule has 0 spiro atoms. The molecule has 5 nitrogen and oxygen atoms in total. The first-order valence-corrected chi connectivity index (χ1v) is 14.6. The smallest absolute Gasteiger partial charge is 0.139 e. The summed E-state index contributed by atoms with van der Waals surface area (Å²) in [5.41, 5.74) is 8.85. The zero-order chi connectivity index (χ0) is 26.9. The third-order valence-electron chi connectivity index (χ3n) is 9.03. The van der Waals surface area contributed by atoms with E-state index in [1.807, 2.05) is 6.92 Å². The second kappa shape index (κ2) is 11.0. The Hall–Kier alpha value is -2.95. The van der Waals surface area contributed by atoms with E-state index in [2.05, 4.69) is 74.9 Å². The lowest BCUT2D eigenvalue weighted by atomic mass is 9.73. The molecule has 1 aromatic carbocycles. The highest BCUT2D eigenvalue weighted by Gasteiger charge is 2.38. The lowest BCUT2D eigenvalue weighted by Gasteiger charge is -2.42. The quantitative estimate of drug-likeness (QED) is 0.400.